The number of hydrogen-bond acceptors (Lipinski definition) is 7. The quantitative estimate of drug-likeness (QED) is 0.326. The van der Waals surface area contributed by atoms with Crippen molar-refractivity contribution >= 4 is 29.4 Å². The Morgan fingerprint density at radius 2 is 1.83 bits per heavy atom. The first-order valence-electron chi connectivity index (χ1n) is 10.8. The molecule has 4 N–H and O–H groups in total. The second kappa shape index (κ2) is 10.8. The number of halogens is 1. The molecule has 2 aromatic carbocycles. The zero-order valence-electron chi connectivity index (χ0n) is 19.0. The van der Waals surface area contributed by atoms with Gasteiger partial charge in [0.2, 0.25) is 0 Å². The van der Waals surface area contributed by atoms with Crippen LogP contribution in [0.2, 0.25) is 5.02 Å². The van der Waals surface area contributed by atoms with Crippen LogP contribution >= 0.6 is 11.6 Å². The lowest BCUT2D eigenvalue weighted by Gasteiger charge is -2.17. The number of rotatable bonds is 3. The van der Waals surface area contributed by atoms with E-state index in [-0.39, 0.29) is 0 Å². The van der Waals surface area contributed by atoms with Gasteiger partial charge in [-0.25, -0.2) is 9.50 Å². The van der Waals surface area contributed by atoms with E-state index >= 15 is 0 Å². The Bertz CT molecular complexity index is 1420. The number of aromatic nitrogens is 5. The summed E-state index contributed by atoms with van der Waals surface area (Å²) in [4.78, 5) is 18.0. The van der Waals surface area contributed by atoms with E-state index < -0.39 is 0 Å². The monoisotopic (exact) mass is 489 g/mol. The zero-order valence-corrected chi connectivity index (χ0v) is 19.7. The second-order valence-corrected chi connectivity index (χ2v) is 7.98. The van der Waals surface area contributed by atoms with Gasteiger partial charge in [0, 0.05) is 42.0 Å². The highest BCUT2D eigenvalue weighted by Gasteiger charge is 2.22. The van der Waals surface area contributed by atoms with Crippen LogP contribution in [0.4, 0.5) is 5.82 Å². The minimum atomic E-state index is 0.322. The normalized spacial score (nSPS) is 11.8. The number of carbonyl (C=O) groups excluding carboxylic acids is 1. The molecular formula is C25H24ClN7O2. The van der Waals surface area contributed by atoms with Gasteiger partial charge in [-0.1, -0.05) is 35.9 Å². The first-order chi connectivity index (χ1) is 17.1. The predicted molar refractivity (Wildman–Crippen MR) is 136 cm³/mol. The summed E-state index contributed by atoms with van der Waals surface area (Å²) in [6, 6.07) is 18.3. The maximum Gasteiger partial charge on any atom is 0.170 e. The van der Waals surface area contributed by atoms with Crippen molar-refractivity contribution in [3.8, 4) is 17.0 Å². The molecule has 0 fully saturated rings. The third-order valence-corrected chi connectivity index (χ3v) is 5.55. The van der Waals surface area contributed by atoms with Crippen LogP contribution in [0.25, 0.3) is 16.9 Å². The van der Waals surface area contributed by atoms with Gasteiger partial charge in [-0.3, -0.25) is 9.89 Å². The van der Waals surface area contributed by atoms with Gasteiger partial charge in [-0.2, -0.15) is 10.2 Å². The number of fused-ring (bicyclic) bond motifs is 2. The number of benzene rings is 2. The lowest BCUT2D eigenvalue weighted by molar-refractivity contribution is 0.111. The van der Waals surface area contributed by atoms with Crippen molar-refractivity contribution in [1.82, 2.24) is 24.8 Å². The third-order valence-electron chi connectivity index (χ3n) is 5.32. The molecule has 0 amide bonds. The van der Waals surface area contributed by atoms with Crippen LogP contribution in [-0.2, 0) is 13.1 Å². The highest BCUT2D eigenvalue weighted by Crippen LogP contribution is 2.31. The SMILES string of the molecule is CN.O=Cc1cc2nc(N3Cc4ccc(Cl)cc4C3)cc(-c3cn[nH]c3)n2n1.Oc1ccccc1. The Kier molecular flexibility index (Phi) is 7.39. The van der Waals surface area contributed by atoms with E-state index in [1.807, 2.05) is 24.3 Å². The molecule has 10 heteroatoms. The van der Waals surface area contributed by atoms with Crippen LogP contribution in [-0.4, -0.2) is 43.2 Å². The standard InChI is InChI=1S/C18H13ClN6O.C6H6O.CH5N/c19-14-2-1-11-8-24(9-12(11)3-14)17-5-16(13-6-20-21-7-13)25-18(22-17)4-15(10-26)23-25;7-6-4-2-1-3-5-6;1-2/h1-7,10H,8-9H2,(H,20,21);1-5,7H;2H2,1H3. The first kappa shape index (κ1) is 23.9. The molecule has 35 heavy (non-hydrogen) atoms. The van der Waals surface area contributed by atoms with Crippen LogP contribution in [0.3, 0.4) is 0 Å². The van der Waals surface area contributed by atoms with Gasteiger partial charge in [-0.05, 0) is 42.4 Å². The molecule has 0 unspecified atom stereocenters. The number of phenols is 1. The number of nitrogens with one attached hydrogen (secondary N) is 1. The third kappa shape index (κ3) is 5.32. The Balaban J connectivity index is 0.000000275. The molecule has 6 rings (SSSR count). The number of anilines is 1. The van der Waals surface area contributed by atoms with Gasteiger partial charge >= 0.3 is 0 Å². The number of hydrogen-bond donors (Lipinski definition) is 3. The Morgan fingerprint density at radius 1 is 1.06 bits per heavy atom. The molecule has 0 radical (unpaired) electrons. The largest absolute Gasteiger partial charge is 0.508 e. The molecule has 3 aromatic heterocycles. The van der Waals surface area contributed by atoms with Gasteiger partial charge in [-0.15, -0.1) is 0 Å². The molecule has 0 saturated heterocycles. The van der Waals surface area contributed by atoms with Crippen molar-refractivity contribution in [3.63, 3.8) is 0 Å². The summed E-state index contributed by atoms with van der Waals surface area (Å²) in [6.07, 6.45) is 4.24. The molecule has 0 atom stereocenters. The fourth-order valence-corrected chi connectivity index (χ4v) is 3.94. The van der Waals surface area contributed by atoms with E-state index in [1.165, 1.54) is 18.2 Å². The number of aldehydes is 1. The molecule has 5 aromatic rings. The lowest BCUT2D eigenvalue weighted by atomic mass is 10.1. The number of carbonyl (C=O) groups is 1. The van der Waals surface area contributed by atoms with E-state index in [0.717, 1.165) is 41.5 Å². The van der Waals surface area contributed by atoms with E-state index in [4.69, 9.17) is 21.7 Å². The first-order valence-corrected chi connectivity index (χ1v) is 11.2. The molecule has 1 aliphatic heterocycles. The van der Waals surface area contributed by atoms with Crippen molar-refractivity contribution in [3.05, 3.63) is 94.9 Å². The number of aromatic hydroxyl groups is 1. The molecular weight excluding hydrogens is 466 g/mol. The topological polar surface area (TPSA) is 125 Å². The molecule has 9 nitrogen and oxygen atoms in total. The van der Waals surface area contributed by atoms with Gasteiger partial charge in [0.1, 0.15) is 17.3 Å². The zero-order chi connectivity index (χ0) is 24.8. The summed E-state index contributed by atoms with van der Waals surface area (Å²) >= 11 is 6.12. The van der Waals surface area contributed by atoms with E-state index in [9.17, 15) is 4.79 Å². The van der Waals surface area contributed by atoms with E-state index in [2.05, 4.69) is 32.0 Å². The molecule has 0 spiro atoms. The summed E-state index contributed by atoms with van der Waals surface area (Å²) in [5, 5.41) is 20.5. The molecule has 0 saturated carbocycles. The average Bonchev–Trinajstić information content (AvgIpc) is 3.64. The lowest BCUT2D eigenvalue weighted by Crippen LogP contribution is -2.17. The van der Waals surface area contributed by atoms with Gasteiger partial charge in [0.25, 0.3) is 0 Å². The Morgan fingerprint density at radius 3 is 2.49 bits per heavy atom. The maximum absolute atomic E-state index is 11.2. The van der Waals surface area contributed by atoms with Crippen molar-refractivity contribution in [2.75, 3.05) is 11.9 Å². The predicted octanol–water partition coefficient (Wildman–Crippen LogP) is 4.07. The van der Waals surface area contributed by atoms with Crippen LogP contribution in [0.15, 0.2) is 73.1 Å². The number of para-hydroxylation sites is 1. The second-order valence-electron chi connectivity index (χ2n) is 7.55. The fourth-order valence-electron chi connectivity index (χ4n) is 3.75. The molecule has 0 aliphatic carbocycles. The van der Waals surface area contributed by atoms with E-state index in [1.54, 1.807) is 47.2 Å². The smallest absolute Gasteiger partial charge is 0.170 e. The molecule has 1 aliphatic rings. The van der Waals surface area contributed by atoms with Crippen LogP contribution in [0.1, 0.15) is 21.6 Å². The van der Waals surface area contributed by atoms with E-state index in [0.29, 0.717) is 17.1 Å². The minimum Gasteiger partial charge on any atom is -0.508 e. The highest BCUT2D eigenvalue weighted by molar-refractivity contribution is 6.30. The van der Waals surface area contributed by atoms with Gasteiger partial charge in [0.05, 0.1) is 11.9 Å². The van der Waals surface area contributed by atoms with Gasteiger partial charge in [0.15, 0.2) is 11.9 Å². The molecule has 0 bridgehead atoms. The maximum atomic E-state index is 11.2. The average molecular weight is 490 g/mol. The summed E-state index contributed by atoms with van der Waals surface area (Å²) in [5.41, 5.74) is 9.60. The van der Waals surface area contributed by atoms with Crippen molar-refractivity contribution in [2.45, 2.75) is 13.1 Å². The Labute approximate surface area is 206 Å². The number of H-pyrrole nitrogens is 1. The summed E-state index contributed by atoms with van der Waals surface area (Å²) in [7, 11) is 1.50. The fraction of sp³-hybridized carbons (Fsp3) is 0.120. The highest BCUT2D eigenvalue weighted by atomic mass is 35.5. The van der Waals surface area contributed by atoms with Crippen molar-refractivity contribution in [2.24, 2.45) is 5.73 Å². The Hall–Kier alpha value is -4.21. The van der Waals surface area contributed by atoms with Crippen LogP contribution in [0, 0.1) is 0 Å². The summed E-state index contributed by atoms with van der Waals surface area (Å²) in [5.74, 6) is 1.14. The number of aromatic amines is 1. The van der Waals surface area contributed by atoms with Crippen LogP contribution in [0.5, 0.6) is 5.75 Å². The number of phenolic OH excluding ortho intramolecular Hbond substituents is 1. The van der Waals surface area contributed by atoms with Crippen LogP contribution < -0.4 is 10.6 Å². The molecule has 4 heterocycles. The summed E-state index contributed by atoms with van der Waals surface area (Å²) in [6.45, 7) is 1.49. The van der Waals surface area contributed by atoms with Crippen molar-refractivity contribution < 1.29 is 9.90 Å². The summed E-state index contributed by atoms with van der Waals surface area (Å²) < 4.78 is 1.66. The van der Waals surface area contributed by atoms with Crippen molar-refractivity contribution in [1.29, 1.82) is 0 Å². The molecule has 178 valence electrons. The minimum absolute atomic E-state index is 0.322. The van der Waals surface area contributed by atoms with Gasteiger partial charge < -0.3 is 15.7 Å². The number of nitrogens with zero attached hydrogens (tertiary/aromatic N) is 5. The number of nitrogens with two attached hydrogens (primary N) is 1.